The van der Waals surface area contributed by atoms with Crippen molar-refractivity contribution in [2.24, 2.45) is 5.18 Å². The van der Waals surface area contributed by atoms with Crippen LogP contribution in [0, 0.1) is 4.91 Å². The van der Waals surface area contributed by atoms with Gasteiger partial charge in [0.1, 0.15) is 16.7 Å². The molecule has 0 fully saturated rings. The summed E-state index contributed by atoms with van der Waals surface area (Å²) in [5.74, 6) is -0.338. The Morgan fingerprint density at radius 1 is 0.846 bits per heavy atom. The number of anilines is 2. The summed E-state index contributed by atoms with van der Waals surface area (Å²) in [4.78, 5) is 23.3. The van der Waals surface area contributed by atoms with E-state index in [-0.39, 0.29) is 11.6 Å². The number of carbonyl (C=O) groups is 1. The lowest BCUT2D eigenvalue weighted by atomic mass is 10.2. The Morgan fingerprint density at radius 2 is 1.58 bits per heavy atom. The number of hydrogen-bond donors (Lipinski definition) is 2. The summed E-state index contributed by atoms with van der Waals surface area (Å²) in [6.45, 7) is 0. The molecule has 26 heavy (non-hydrogen) atoms. The Kier molecular flexibility index (Phi) is 5.50. The highest BCUT2D eigenvalue weighted by atomic mass is 32.2. The van der Waals surface area contributed by atoms with Crippen LogP contribution in [0.15, 0.2) is 88.9 Å². The van der Waals surface area contributed by atoms with Crippen LogP contribution < -0.4 is 10.0 Å². The van der Waals surface area contributed by atoms with E-state index in [1.54, 1.807) is 36.4 Å². The maximum atomic E-state index is 12.4. The average molecular weight is 365 g/mol. The van der Waals surface area contributed by atoms with Crippen LogP contribution in [0.4, 0.5) is 17.1 Å². The predicted octanol–water partition coefficient (Wildman–Crippen LogP) is 4.47. The molecule has 0 aromatic heterocycles. The summed E-state index contributed by atoms with van der Waals surface area (Å²) in [6.07, 6.45) is 0. The number of benzene rings is 3. The van der Waals surface area contributed by atoms with Gasteiger partial charge in [-0.1, -0.05) is 24.3 Å². The van der Waals surface area contributed by atoms with E-state index in [1.165, 1.54) is 12.1 Å². The van der Waals surface area contributed by atoms with Crippen LogP contribution in [0.3, 0.4) is 0 Å². The predicted molar refractivity (Wildman–Crippen MR) is 103 cm³/mol. The second kappa shape index (κ2) is 8.17. The van der Waals surface area contributed by atoms with Gasteiger partial charge >= 0.3 is 0 Å². The van der Waals surface area contributed by atoms with Crippen LogP contribution in [0.5, 0.6) is 0 Å². The summed E-state index contributed by atoms with van der Waals surface area (Å²) in [5, 5.41) is 5.53. The molecule has 0 radical (unpaired) electrons. The lowest BCUT2D eigenvalue weighted by Gasteiger charge is -2.08. The lowest BCUT2D eigenvalue weighted by molar-refractivity contribution is 0.102. The van der Waals surface area contributed by atoms with Gasteiger partial charge in [0.15, 0.2) is 0 Å². The normalized spacial score (nSPS) is 11.4. The van der Waals surface area contributed by atoms with E-state index in [9.17, 15) is 13.9 Å². The van der Waals surface area contributed by atoms with Gasteiger partial charge in [-0.25, -0.2) is 4.21 Å². The minimum absolute atomic E-state index is 0.285. The number of hydrogen-bond acceptors (Lipinski definition) is 4. The van der Waals surface area contributed by atoms with Crippen LogP contribution in [-0.2, 0) is 11.0 Å². The summed E-state index contributed by atoms with van der Waals surface area (Å²) >= 11 is 0. The van der Waals surface area contributed by atoms with Gasteiger partial charge in [0.25, 0.3) is 5.91 Å². The Balaban J connectivity index is 1.72. The molecule has 3 aromatic carbocycles. The first-order chi connectivity index (χ1) is 12.7. The molecule has 0 aliphatic rings. The number of carbonyl (C=O) groups excluding carboxylic acids is 1. The van der Waals surface area contributed by atoms with Crippen LogP contribution in [0.2, 0.25) is 0 Å². The van der Waals surface area contributed by atoms with Gasteiger partial charge in [0.2, 0.25) is 0 Å². The maximum Gasteiger partial charge on any atom is 0.255 e. The highest BCUT2D eigenvalue weighted by Crippen LogP contribution is 2.18. The molecule has 6 nitrogen and oxygen atoms in total. The number of para-hydroxylation sites is 1. The minimum Gasteiger partial charge on any atom is -0.322 e. The quantitative estimate of drug-likeness (QED) is 0.632. The number of nitrogens with one attached hydrogen (secondary N) is 2. The zero-order valence-electron chi connectivity index (χ0n) is 13.6. The van der Waals surface area contributed by atoms with Gasteiger partial charge in [-0.15, -0.1) is 4.91 Å². The Labute approximate surface area is 152 Å². The van der Waals surface area contributed by atoms with E-state index in [0.29, 0.717) is 16.1 Å². The van der Waals surface area contributed by atoms with Crippen molar-refractivity contribution in [3.63, 3.8) is 0 Å². The van der Waals surface area contributed by atoms with Crippen molar-refractivity contribution in [2.75, 3.05) is 10.0 Å². The van der Waals surface area contributed by atoms with Crippen LogP contribution >= 0.6 is 0 Å². The van der Waals surface area contributed by atoms with Crippen molar-refractivity contribution in [3.05, 3.63) is 89.3 Å². The van der Waals surface area contributed by atoms with E-state index in [4.69, 9.17) is 0 Å². The fourth-order valence-corrected chi connectivity index (χ4v) is 3.14. The van der Waals surface area contributed by atoms with Gasteiger partial charge in [-0.2, -0.15) is 0 Å². The molecule has 0 saturated carbocycles. The number of nitrogens with zero attached hydrogens (tertiary/aromatic N) is 1. The molecule has 0 heterocycles. The molecule has 2 N–H and O–H groups in total. The van der Waals surface area contributed by atoms with Crippen molar-refractivity contribution in [3.8, 4) is 0 Å². The summed E-state index contributed by atoms with van der Waals surface area (Å²) < 4.78 is 15.3. The van der Waals surface area contributed by atoms with Crippen molar-refractivity contribution in [2.45, 2.75) is 4.90 Å². The van der Waals surface area contributed by atoms with Crippen LogP contribution in [0.1, 0.15) is 10.4 Å². The largest absolute Gasteiger partial charge is 0.322 e. The maximum absolute atomic E-state index is 12.4. The number of amides is 1. The fourth-order valence-electron chi connectivity index (χ4n) is 2.23. The summed E-state index contributed by atoms with van der Waals surface area (Å²) in [7, 11) is -1.49. The molecule has 1 atom stereocenters. The number of rotatable bonds is 6. The molecular formula is C19H15N3O3S. The topological polar surface area (TPSA) is 87.6 Å². The monoisotopic (exact) mass is 365 g/mol. The molecule has 0 saturated heterocycles. The molecule has 7 heteroatoms. The Hall–Kier alpha value is -3.32. The summed E-state index contributed by atoms with van der Waals surface area (Å²) in [5.41, 5.74) is 1.93. The van der Waals surface area contributed by atoms with Gasteiger partial charge < -0.3 is 10.0 Å². The van der Waals surface area contributed by atoms with Crippen molar-refractivity contribution >= 4 is 34.0 Å². The molecule has 130 valence electrons. The lowest BCUT2D eigenvalue weighted by Crippen LogP contribution is -2.13. The molecule has 0 aliphatic carbocycles. The Bertz CT molecular complexity index is 944. The highest BCUT2D eigenvalue weighted by molar-refractivity contribution is 7.86. The van der Waals surface area contributed by atoms with Crippen LogP contribution in [0.25, 0.3) is 0 Å². The second-order valence-corrected chi connectivity index (χ2v) is 6.57. The molecule has 3 rings (SSSR count). The van der Waals surface area contributed by atoms with E-state index in [2.05, 4.69) is 15.2 Å². The zero-order valence-corrected chi connectivity index (χ0v) is 14.4. The smallest absolute Gasteiger partial charge is 0.255 e. The molecule has 0 aliphatic heterocycles. The fraction of sp³-hybridized carbons (Fsp3) is 0. The van der Waals surface area contributed by atoms with E-state index < -0.39 is 11.0 Å². The molecule has 3 aromatic rings. The van der Waals surface area contributed by atoms with Gasteiger partial charge in [0.05, 0.1) is 4.90 Å². The molecule has 1 amide bonds. The third-order valence-corrected chi connectivity index (χ3v) is 4.63. The standard InChI is InChI=1S/C19H15N3O3S/c23-19(20-15-9-11-16(21-24)12-10-15)14-5-4-8-18(13-14)26(25)22-17-6-2-1-3-7-17/h1-13,22H,(H,20,23). The molecule has 0 bridgehead atoms. The SMILES string of the molecule is O=Nc1ccc(NC(=O)c2cccc(S(=O)Nc3ccccc3)c2)cc1. The Morgan fingerprint density at radius 3 is 2.27 bits per heavy atom. The van der Waals surface area contributed by atoms with Crippen molar-refractivity contribution in [1.82, 2.24) is 0 Å². The van der Waals surface area contributed by atoms with E-state index in [0.717, 1.165) is 5.69 Å². The average Bonchev–Trinajstić information content (AvgIpc) is 2.69. The van der Waals surface area contributed by atoms with Gasteiger partial charge in [-0.05, 0) is 59.8 Å². The van der Waals surface area contributed by atoms with Gasteiger partial charge in [-0.3, -0.25) is 4.79 Å². The highest BCUT2D eigenvalue weighted by Gasteiger charge is 2.10. The minimum atomic E-state index is -1.49. The van der Waals surface area contributed by atoms with Crippen molar-refractivity contribution in [1.29, 1.82) is 0 Å². The third kappa shape index (κ3) is 4.40. The van der Waals surface area contributed by atoms with Gasteiger partial charge in [0, 0.05) is 16.9 Å². The second-order valence-electron chi connectivity index (χ2n) is 5.36. The third-order valence-electron chi connectivity index (χ3n) is 3.53. The molecule has 0 spiro atoms. The van der Waals surface area contributed by atoms with E-state index >= 15 is 0 Å². The first kappa shape index (κ1) is 17.5. The molecule has 1 unspecified atom stereocenters. The summed E-state index contributed by atoms with van der Waals surface area (Å²) in [6, 6.07) is 22.0. The van der Waals surface area contributed by atoms with Crippen LogP contribution in [-0.4, -0.2) is 10.1 Å². The van der Waals surface area contributed by atoms with Crippen molar-refractivity contribution < 1.29 is 9.00 Å². The first-order valence-corrected chi connectivity index (χ1v) is 8.89. The number of nitroso groups, excluding NO2 is 1. The first-order valence-electron chi connectivity index (χ1n) is 7.74. The molecular weight excluding hydrogens is 350 g/mol. The van der Waals surface area contributed by atoms with E-state index in [1.807, 2.05) is 30.3 Å². The zero-order chi connectivity index (χ0) is 18.4.